The van der Waals surface area contributed by atoms with Gasteiger partial charge in [0.15, 0.2) is 0 Å². The number of unbranched alkanes of at least 4 members (excludes halogenated alkanes) is 9. The van der Waals surface area contributed by atoms with Crippen molar-refractivity contribution in [2.24, 2.45) is 5.92 Å². The van der Waals surface area contributed by atoms with Crippen LogP contribution in [0, 0.1) is 5.92 Å². The molecule has 0 saturated carbocycles. The second kappa shape index (κ2) is 12.3. The van der Waals surface area contributed by atoms with Crippen molar-refractivity contribution in [1.29, 1.82) is 0 Å². The summed E-state index contributed by atoms with van der Waals surface area (Å²) >= 11 is 0. The second-order valence-electron chi connectivity index (χ2n) is 5.70. The van der Waals surface area contributed by atoms with Crippen molar-refractivity contribution >= 4 is 5.97 Å². The maximum absolute atomic E-state index is 10.7. The number of carboxylic acid groups (broad SMARTS) is 1. The minimum atomic E-state index is -0.848. The van der Waals surface area contributed by atoms with Crippen LogP contribution in [0.15, 0.2) is 12.2 Å². The number of rotatable bonds is 13. The standard InChI is InChI=1S/C17H32O2/c1-4-5-6-7-8-9-10-11-12-13-14-15(2)16(3)17(18)19/h15H,3-14H2,1-2H3,(H,18,19). The number of aliphatic carboxylic acids is 1. The third-order valence-electron chi connectivity index (χ3n) is 3.86. The minimum Gasteiger partial charge on any atom is -0.478 e. The summed E-state index contributed by atoms with van der Waals surface area (Å²) in [5.74, 6) is -0.730. The van der Waals surface area contributed by atoms with Gasteiger partial charge in [0, 0.05) is 5.57 Å². The van der Waals surface area contributed by atoms with Gasteiger partial charge in [-0.3, -0.25) is 0 Å². The molecule has 1 unspecified atom stereocenters. The highest BCUT2D eigenvalue weighted by Gasteiger charge is 2.12. The normalized spacial score (nSPS) is 12.3. The molecule has 0 heterocycles. The lowest BCUT2D eigenvalue weighted by Crippen LogP contribution is -2.08. The van der Waals surface area contributed by atoms with Crippen molar-refractivity contribution in [3.8, 4) is 0 Å². The fourth-order valence-electron chi connectivity index (χ4n) is 2.32. The van der Waals surface area contributed by atoms with E-state index in [1.165, 1.54) is 57.8 Å². The van der Waals surface area contributed by atoms with Gasteiger partial charge in [-0.1, -0.05) is 84.6 Å². The van der Waals surface area contributed by atoms with Crippen molar-refractivity contribution < 1.29 is 9.90 Å². The van der Waals surface area contributed by atoms with Gasteiger partial charge in [-0.05, 0) is 12.3 Å². The molecule has 0 aliphatic heterocycles. The molecule has 0 aromatic rings. The molecule has 0 rings (SSSR count). The molecule has 1 N–H and O–H groups in total. The molecule has 0 aliphatic rings. The Morgan fingerprint density at radius 3 is 1.79 bits per heavy atom. The zero-order valence-electron chi connectivity index (χ0n) is 12.9. The molecule has 0 aromatic heterocycles. The van der Waals surface area contributed by atoms with Crippen molar-refractivity contribution in [2.45, 2.75) is 84.5 Å². The molecule has 0 aromatic carbocycles. The highest BCUT2D eigenvalue weighted by atomic mass is 16.4. The summed E-state index contributed by atoms with van der Waals surface area (Å²) in [6, 6.07) is 0. The molecule has 0 fully saturated rings. The number of hydrogen-bond acceptors (Lipinski definition) is 1. The first-order chi connectivity index (χ1) is 9.09. The van der Waals surface area contributed by atoms with E-state index in [1.807, 2.05) is 6.92 Å². The molecule has 2 nitrogen and oxygen atoms in total. The Morgan fingerprint density at radius 2 is 1.37 bits per heavy atom. The molecule has 2 heteroatoms. The maximum atomic E-state index is 10.7. The Kier molecular flexibility index (Phi) is 11.7. The molecule has 19 heavy (non-hydrogen) atoms. The summed E-state index contributed by atoms with van der Waals surface area (Å²) < 4.78 is 0. The van der Waals surface area contributed by atoms with Crippen LogP contribution in [-0.2, 0) is 4.79 Å². The minimum absolute atomic E-state index is 0.117. The second-order valence-corrected chi connectivity index (χ2v) is 5.70. The van der Waals surface area contributed by atoms with Crippen LogP contribution >= 0.6 is 0 Å². The molecule has 0 aliphatic carbocycles. The van der Waals surface area contributed by atoms with Gasteiger partial charge >= 0.3 is 5.97 Å². The highest BCUT2D eigenvalue weighted by molar-refractivity contribution is 5.86. The number of hydrogen-bond donors (Lipinski definition) is 1. The summed E-state index contributed by atoms with van der Waals surface area (Å²) in [4.78, 5) is 10.7. The zero-order valence-corrected chi connectivity index (χ0v) is 12.9. The number of carbonyl (C=O) groups is 1. The van der Waals surface area contributed by atoms with Crippen LogP contribution in [0.3, 0.4) is 0 Å². The van der Waals surface area contributed by atoms with E-state index in [0.29, 0.717) is 5.57 Å². The Balaban J connectivity index is 3.27. The summed E-state index contributed by atoms with van der Waals surface area (Å²) in [6.07, 6.45) is 14.2. The SMILES string of the molecule is C=C(C(=O)O)C(C)CCCCCCCCCCCC. The number of carboxylic acids is 1. The summed E-state index contributed by atoms with van der Waals surface area (Å²) in [6.45, 7) is 7.83. The molecule has 0 radical (unpaired) electrons. The van der Waals surface area contributed by atoms with E-state index < -0.39 is 5.97 Å². The van der Waals surface area contributed by atoms with E-state index in [1.54, 1.807) is 0 Å². The third-order valence-corrected chi connectivity index (χ3v) is 3.86. The predicted molar refractivity (Wildman–Crippen MR) is 82.4 cm³/mol. The molecule has 0 saturated heterocycles. The van der Waals surface area contributed by atoms with Crippen molar-refractivity contribution in [2.75, 3.05) is 0 Å². The van der Waals surface area contributed by atoms with E-state index in [0.717, 1.165) is 12.8 Å². The molecule has 112 valence electrons. The highest BCUT2D eigenvalue weighted by Crippen LogP contribution is 2.18. The molecule has 1 atom stereocenters. The van der Waals surface area contributed by atoms with E-state index in [-0.39, 0.29) is 5.92 Å². The quantitative estimate of drug-likeness (QED) is 0.350. The van der Waals surface area contributed by atoms with Crippen LogP contribution in [0.2, 0.25) is 0 Å². The van der Waals surface area contributed by atoms with Gasteiger partial charge in [0.05, 0.1) is 0 Å². The Morgan fingerprint density at radius 1 is 0.947 bits per heavy atom. The molecule has 0 bridgehead atoms. The van der Waals surface area contributed by atoms with E-state index in [9.17, 15) is 4.79 Å². The van der Waals surface area contributed by atoms with E-state index >= 15 is 0 Å². The van der Waals surface area contributed by atoms with Crippen LogP contribution in [0.5, 0.6) is 0 Å². The summed E-state index contributed by atoms with van der Waals surface area (Å²) in [5.41, 5.74) is 0.357. The monoisotopic (exact) mass is 268 g/mol. The lowest BCUT2D eigenvalue weighted by atomic mass is 9.95. The smallest absolute Gasteiger partial charge is 0.331 e. The van der Waals surface area contributed by atoms with Gasteiger partial charge in [-0.25, -0.2) is 4.79 Å². The first-order valence-electron chi connectivity index (χ1n) is 8.01. The van der Waals surface area contributed by atoms with Crippen LogP contribution in [0.4, 0.5) is 0 Å². The Hall–Kier alpha value is -0.790. The molecular formula is C17H32O2. The van der Waals surface area contributed by atoms with Crippen LogP contribution in [0.1, 0.15) is 84.5 Å². The first-order valence-corrected chi connectivity index (χ1v) is 8.01. The average molecular weight is 268 g/mol. The van der Waals surface area contributed by atoms with Gasteiger partial charge in [0.2, 0.25) is 0 Å². The van der Waals surface area contributed by atoms with Gasteiger partial charge in [0.25, 0.3) is 0 Å². The van der Waals surface area contributed by atoms with Gasteiger partial charge in [-0.15, -0.1) is 0 Å². The Labute approximate surface area is 119 Å². The van der Waals surface area contributed by atoms with Crippen molar-refractivity contribution in [3.63, 3.8) is 0 Å². The average Bonchev–Trinajstić information content (AvgIpc) is 2.39. The molecule has 0 amide bonds. The van der Waals surface area contributed by atoms with Crippen molar-refractivity contribution in [1.82, 2.24) is 0 Å². The van der Waals surface area contributed by atoms with Crippen LogP contribution in [-0.4, -0.2) is 11.1 Å². The fourth-order valence-corrected chi connectivity index (χ4v) is 2.32. The van der Waals surface area contributed by atoms with Crippen LogP contribution in [0.25, 0.3) is 0 Å². The maximum Gasteiger partial charge on any atom is 0.331 e. The predicted octanol–water partition coefficient (Wildman–Crippen LogP) is 5.57. The topological polar surface area (TPSA) is 37.3 Å². The largest absolute Gasteiger partial charge is 0.478 e. The lowest BCUT2D eigenvalue weighted by molar-refractivity contribution is -0.133. The van der Waals surface area contributed by atoms with Crippen LogP contribution < -0.4 is 0 Å². The molecular weight excluding hydrogens is 236 g/mol. The zero-order chi connectivity index (χ0) is 14.5. The van der Waals surface area contributed by atoms with E-state index in [4.69, 9.17) is 5.11 Å². The van der Waals surface area contributed by atoms with Gasteiger partial charge < -0.3 is 5.11 Å². The van der Waals surface area contributed by atoms with Gasteiger partial charge in [-0.2, -0.15) is 0 Å². The first kappa shape index (κ1) is 18.2. The van der Waals surface area contributed by atoms with Crippen molar-refractivity contribution in [3.05, 3.63) is 12.2 Å². The summed E-state index contributed by atoms with van der Waals surface area (Å²) in [5, 5.41) is 8.81. The van der Waals surface area contributed by atoms with Gasteiger partial charge in [0.1, 0.15) is 0 Å². The fraction of sp³-hybridized carbons (Fsp3) is 0.824. The summed E-state index contributed by atoms with van der Waals surface area (Å²) in [7, 11) is 0. The van der Waals surface area contributed by atoms with E-state index in [2.05, 4.69) is 13.5 Å². The molecule has 0 spiro atoms. The Bertz CT molecular complexity index is 246. The third kappa shape index (κ3) is 10.8. The lowest BCUT2D eigenvalue weighted by Gasteiger charge is -2.10.